The normalized spacial score (nSPS) is 11.6. The Morgan fingerprint density at radius 2 is 1.66 bits per heavy atom. The van der Waals surface area contributed by atoms with Crippen molar-refractivity contribution in [1.29, 1.82) is 5.26 Å². The molecule has 0 unspecified atom stereocenters. The zero-order valence-corrected chi connectivity index (χ0v) is 15.0. The number of aromatic nitrogens is 2. The van der Waals surface area contributed by atoms with Crippen LogP contribution >= 0.6 is 0 Å². The van der Waals surface area contributed by atoms with Crippen LogP contribution in [0.2, 0.25) is 0 Å². The van der Waals surface area contributed by atoms with Crippen LogP contribution in [-0.2, 0) is 11.0 Å². The van der Waals surface area contributed by atoms with Crippen molar-refractivity contribution in [2.75, 3.05) is 5.32 Å². The lowest BCUT2D eigenvalue weighted by molar-refractivity contribution is -0.143. The molecule has 0 aliphatic rings. The Kier molecular flexibility index (Phi) is 6.20. The maximum atomic E-state index is 14.3. The van der Waals surface area contributed by atoms with Crippen molar-refractivity contribution in [1.82, 2.24) is 9.78 Å². The molecule has 0 spiro atoms. The molecule has 12 heteroatoms. The molecule has 0 aliphatic heterocycles. The largest absolute Gasteiger partial charge is 0.422 e. The molecule has 0 bridgehead atoms. The number of carbonyl (C=O) groups is 1. The van der Waals surface area contributed by atoms with Gasteiger partial charge in [0.05, 0.1) is 6.20 Å². The molecule has 1 amide bonds. The van der Waals surface area contributed by atoms with Gasteiger partial charge in [0, 0.05) is 5.92 Å². The monoisotopic (exact) mass is 422 g/mol. The van der Waals surface area contributed by atoms with Crippen LogP contribution in [0.1, 0.15) is 37.8 Å². The Hall–Kier alpha value is -3.10. The van der Waals surface area contributed by atoms with Gasteiger partial charge in [0.1, 0.15) is 22.9 Å². The Morgan fingerprint density at radius 1 is 1.14 bits per heavy atom. The van der Waals surface area contributed by atoms with Crippen molar-refractivity contribution >= 4 is 11.7 Å². The summed E-state index contributed by atoms with van der Waals surface area (Å²) in [5.41, 5.74) is -4.82. The van der Waals surface area contributed by atoms with E-state index >= 15 is 0 Å². The van der Waals surface area contributed by atoms with Gasteiger partial charge in [-0.05, 0) is 12.8 Å². The van der Waals surface area contributed by atoms with E-state index in [0.717, 1.165) is 6.20 Å². The highest BCUT2D eigenvalue weighted by Gasteiger charge is 2.43. The Balaban J connectivity index is 2.73. The number of carbonyl (C=O) groups excluding carboxylic acids is 1. The third kappa shape index (κ3) is 3.90. The molecule has 29 heavy (non-hydrogen) atoms. The number of alkyl halides is 3. The summed E-state index contributed by atoms with van der Waals surface area (Å²) >= 11 is 0. The standard InChI is InChI=1S/C17H13F7N4O/c1-3-7(4-2)16(29)27-15-8(5-25)6-26-28(15)14-12(20)10(18)9(17(22,23)24)11(19)13(14)21/h6-7H,3-4H2,1-2H3,(H,27,29). The molecule has 1 N–H and O–H groups in total. The fourth-order valence-corrected chi connectivity index (χ4v) is 2.65. The van der Waals surface area contributed by atoms with Crippen molar-refractivity contribution in [3.05, 3.63) is 40.6 Å². The number of rotatable bonds is 5. The molecule has 0 atom stereocenters. The Labute approximate surface area is 159 Å². The number of nitrogens with zero attached hydrogens (tertiary/aromatic N) is 3. The van der Waals surface area contributed by atoms with Crippen molar-refractivity contribution in [2.24, 2.45) is 5.92 Å². The highest BCUT2D eigenvalue weighted by atomic mass is 19.4. The van der Waals surface area contributed by atoms with Gasteiger partial charge in [0.25, 0.3) is 0 Å². The first-order valence-corrected chi connectivity index (χ1v) is 8.21. The predicted molar refractivity (Wildman–Crippen MR) is 85.8 cm³/mol. The number of nitriles is 1. The molecule has 0 aliphatic carbocycles. The zero-order chi connectivity index (χ0) is 22.1. The molecule has 1 heterocycles. The second kappa shape index (κ2) is 8.10. The lowest BCUT2D eigenvalue weighted by Crippen LogP contribution is -2.25. The maximum absolute atomic E-state index is 14.3. The molecular formula is C17H13F7N4O. The van der Waals surface area contributed by atoms with Gasteiger partial charge in [0.15, 0.2) is 29.1 Å². The molecule has 0 fully saturated rings. The lowest BCUT2D eigenvalue weighted by atomic mass is 10.0. The second-order valence-corrected chi connectivity index (χ2v) is 5.91. The van der Waals surface area contributed by atoms with E-state index in [-0.39, 0.29) is 4.68 Å². The number of hydrogen-bond donors (Lipinski definition) is 1. The first kappa shape index (κ1) is 22.2. The maximum Gasteiger partial charge on any atom is 0.422 e. The second-order valence-electron chi connectivity index (χ2n) is 5.91. The van der Waals surface area contributed by atoms with Gasteiger partial charge in [-0.3, -0.25) is 4.79 Å². The van der Waals surface area contributed by atoms with E-state index in [1.807, 2.05) is 0 Å². The molecule has 2 aromatic rings. The first-order chi connectivity index (χ1) is 13.5. The summed E-state index contributed by atoms with van der Waals surface area (Å²) in [4.78, 5) is 12.3. The first-order valence-electron chi connectivity index (χ1n) is 8.21. The average molecular weight is 422 g/mol. The van der Waals surface area contributed by atoms with Crippen molar-refractivity contribution < 1.29 is 35.5 Å². The molecular weight excluding hydrogens is 409 g/mol. The summed E-state index contributed by atoms with van der Waals surface area (Å²) in [5, 5.41) is 14.7. The fourth-order valence-electron chi connectivity index (χ4n) is 2.65. The fraction of sp³-hybridized carbons (Fsp3) is 0.353. The molecule has 0 saturated carbocycles. The van der Waals surface area contributed by atoms with Gasteiger partial charge in [0.2, 0.25) is 5.91 Å². The van der Waals surface area contributed by atoms with Crippen LogP contribution < -0.4 is 5.32 Å². The highest BCUT2D eigenvalue weighted by molar-refractivity contribution is 5.93. The number of hydrogen-bond acceptors (Lipinski definition) is 3. The zero-order valence-electron chi connectivity index (χ0n) is 15.0. The number of benzene rings is 1. The van der Waals surface area contributed by atoms with Gasteiger partial charge in [-0.1, -0.05) is 13.8 Å². The van der Waals surface area contributed by atoms with E-state index in [1.54, 1.807) is 19.9 Å². The number of anilines is 1. The third-order valence-corrected chi connectivity index (χ3v) is 4.22. The van der Waals surface area contributed by atoms with Crippen LogP contribution in [0, 0.1) is 40.5 Å². The SMILES string of the molecule is CCC(CC)C(=O)Nc1c(C#N)cnn1-c1c(F)c(F)c(C(F)(F)F)c(F)c1F. The molecule has 0 radical (unpaired) electrons. The smallest absolute Gasteiger partial charge is 0.309 e. The number of amides is 1. The summed E-state index contributed by atoms with van der Waals surface area (Å²) in [7, 11) is 0. The molecule has 0 saturated heterocycles. The van der Waals surface area contributed by atoms with E-state index in [2.05, 4.69) is 10.4 Å². The minimum absolute atomic E-state index is 0.135. The highest BCUT2D eigenvalue weighted by Crippen LogP contribution is 2.38. The Bertz CT molecular complexity index is 958. The predicted octanol–water partition coefficient (Wildman–Crippen LogP) is 4.69. The van der Waals surface area contributed by atoms with Crippen molar-refractivity contribution in [3.8, 4) is 11.8 Å². The topological polar surface area (TPSA) is 70.7 Å². The van der Waals surface area contributed by atoms with E-state index in [9.17, 15) is 35.5 Å². The molecule has 156 valence electrons. The number of halogens is 7. The van der Waals surface area contributed by atoms with Crippen LogP contribution in [0.5, 0.6) is 0 Å². The van der Waals surface area contributed by atoms with Crippen LogP contribution in [0.4, 0.5) is 36.6 Å². The van der Waals surface area contributed by atoms with Crippen LogP contribution in [0.15, 0.2) is 6.20 Å². The van der Waals surface area contributed by atoms with Crippen LogP contribution in [0.25, 0.3) is 5.69 Å². The summed E-state index contributed by atoms with van der Waals surface area (Å²) in [6, 6.07) is 1.56. The summed E-state index contributed by atoms with van der Waals surface area (Å²) in [5.74, 6) is -12.0. The van der Waals surface area contributed by atoms with Gasteiger partial charge in [-0.25, -0.2) is 22.2 Å². The van der Waals surface area contributed by atoms with Crippen LogP contribution in [0.3, 0.4) is 0 Å². The molecule has 2 rings (SSSR count). The number of nitrogens with one attached hydrogen (secondary N) is 1. The average Bonchev–Trinajstić information content (AvgIpc) is 3.02. The summed E-state index contributed by atoms with van der Waals surface area (Å²) in [6.07, 6.45) is -4.24. The Morgan fingerprint density at radius 3 is 2.07 bits per heavy atom. The third-order valence-electron chi connectivity index (χ3n) is 4.22. The lowest BCUT2D eigenvalue weighted by Gasteiger charge is -2.17. The summed E-state index contributed by atoms with van der Waals surface area (Å²) in [6.45, 7) is 3.35. The van der Waals surface area contributed by atoms with Crippen LogP contribution in [-0.4, -0.2) is 15.7 Å². The molecule has 5 nitrogen and oxygen atoms in total. The quantitative estimate of drug-likeness (QED) is 0.561. The van der Waals surface area contributed by atoms with E-state index < -0.39 is 63.9 Å². The van der Waals surface area contributed by atoms with Gasteiger partial charge >= 0.3 is 6.18 Å². The summed E-state index contributed by atoms with van der Waals surface area (Å²) < 4.78 is 94.8. The van der Waals surface area contributed by atoms with E-state index in [0.29, 0.717) is 12.8 Å². The molecule has 1 aromatic heterocycles. The minimum Gasteiger partial charge on any atom is -0.309 e. The van der Waals surface area contributed by atoms with E-state index in [4.69, 9.17) is 5.26 Å². The van der Waals surface area contributed by atoms with Gasteiger partial charge < -0.3 is 5.32 Å². The van der Waals surface area contributed by atoms with Gasteiger partial charge in [-0.2, -0.15) is 23.5 Å². The van der Waals surface area contributed by atoms with Crippen molar-refractivity contribution in [3.63, 3.8) is 0 Å². The van der Waals surface area contributed by atoms with Gasteiger partial charge in [-0.15, -0.1) is 0 Å². The molecule has 1 aromatic carbocycles. The van der Waals surface area contributed by atoms with Crippen molar-refractivity contribution in [2.45, 2.75) is 32.9 Å². The van der Waals surface area contributed by atoms with E-state index in [1.165, 1.54) is 0 Å². The minimum atomic E-state index is -5.71.